The van der Waals surface area contributed by atoms with Gasteiger partial charge in [0.05, 0.1) is 12.1 Å². The van der Waals surface area contributed by atoms with Crippen molar-refractivity contribution in [1.29, 1.82) is 0 Å². The Balaban J connectivity index is 3.08. The molecular weight excluding hydrogens is 200 g/mol. The van der Waals surface area contributed by atoms with Crippen LogP contribution >= 0.6 is 11.6 Å². The van der Waals surface area contributed by atoms with Crippen LogP contribution < -0.4 is 4.74 Å². The van der Waals surface area contributed by atoms with Crippen molar-refractivity contribution < 1.29 is 9.53 Å². The number of hydrogen-bond donors (Lipinski definition) is 0. The molecule has 3 heteroatoms. The number of hydrogen-bond acceptors (Lipinski definition) is 2. The summed E-state index contributed by atoms with van der Waals surface area (Å²) in [5.41, 5.74) is 0.801. The van der Waals surface area contributed by atoms with E-state index in [2.05, 4.69) is 0 Å². The molecule has 74 valence electrons. The van der Waals surface area contributed by atoms with Crippen LogP contribution in [0.5, 0.6) is 5.75 Å². The Morgan fingerprint density at radius 2 is 2.21 bits per heavy atom. The molecule has 0 atom stereocenters. The third-order valence-corrected chi connectivity index (χ3v) is 2.00. The topological polar surface area (TPSA) is 26.3 Å². The average molecular weight is 211 g/mol. The highest BCUT2D eigenvalue weighted by Gasteiger charge is 2.03. The summed E-state index contributed by atoms with van der Waals surface area (Å²) in [7, 11) is 1.55. The normalized spacial score (nSPS) is 10.5. The van der Waals surface area contributed by atoms with Gasteiger partial charge in [-0.3, -0.25) is 4.79 Å². The first-order chi connectivity index (χ1) is 6.65. The minimum absolute atomic E-state index is 0.00738. The van der Waals surface area contributed by atoms with E-state index in [1.54, 1.807) is 19.3 Å². The van der Waals surface area contributed by atoms with Crippen LogP contribution in [0, 0.1) is 0 Å². The first-order valence-electron chi connectivity index (χ1n) is 4.16. The van der Waals surface area contributed by atoms with E-state index in [1.807, 2.05) is 12.1 Å². The number of rotatable bonds is 3. The number of allylic oxidation sites excluding steroid dienone is 1. The van der Waals surface area contributed by atoms with Gasteiger partial charge in [0.25, 0.3) is 0 Å². The highest BCUT2D eigenvalue weighted by Crippen LogP contribution is 2.28. The van der Waals surface area contributed by atoms with Gasteiger partial charge < -0.3 is 4.74 Å². The maximum absolute atomic E-state index is 10.7. The predicted molar refractivity (Wildman–Crippen MR) is 57.7 cm³/mol. The molecule has 0 unspecified atom stereocenters. The van der Waals surface area contributed by atoms with Gasteiger partial charge in [-0.05, 0) is 25.1 Å². The van der Waals surface area contributed by atoms with Crippen molar-refractivity contribution in [2.75, 3.05) is 7.11 Å². The van der Waals surface area contributed by atoms with E-state index >= 15 is 0 Å². The largest absolute Gasteiger partial charge is 0.495 e. The molecule has 0 heterocycles. The van der Waals surface area contributed by atoms with Gasteiger partial charge in [-0.2, -0.15) is 0 Å². The van der Waals surface area contributed by atoms with E-state index in [-0.39, 0.29) is 5.78 Å². The van der Waals surface area contributed by atoms with Crippen molar-refractivity contribution in [3.63, 3.8) is 0 Å². The van der Waals surface area contributed by atoms with E-state index in [9.17, 15) is 4.79 Å². The number of halogens is 1. The summed E-state index contributed by atoms with van der Waals surface area (Å²) in [5, 5.41) is 0.540. The van der Waals surface area contributed by atoms with Gasteiger partial charge in [-0.15, -0.1) is 0 Å². The van der Waals surface area contributed by atoms with Crippen LogP contribution in [0.3, 0.4) is 0 Å². The van der Waals surface area contributed by atoms with Crippen LogP contribution in [-0.4, -0.2) is 12.9 Å². The lowest BCUT2D eigenvalue weighted by molar-refractivity contribution is -0.112. The van der Waals surface area contributed by atoms with Crippen LogP contribution in [0.15, 0.2) is 24.3 Å². The van der Waals surface area contributed by atoms with E-state index < -0.39 is 0 Å². The van der Waals surface area contributed by atoms with Crippen molar-refractivity contribution in [2.24, 2.45) is 0 Å². The van der Waals surface area contributed by atoms with Crippen molar-refractivity contribution in [2.45, 2.75) is 6.92 Å². The first-order valence-corrected chi connectivity index (χ1v) is 4.54. The second kappa shape index (κ2) is 4.82. The van der Waals surface area contributed by atoms with Crippen molar-refractivity contribution in [3.05, 3.63) is 34.9 Å². The first kappa shape index (κ1) is 10.8. The molecule has 0 fully saturated rings. The number of ether oxygens (including phenoxy) is 1. The maximum atomic E-state index is 10.7. The van der Waals surface area contributed by atoms with E-state index in [4.69, 9.17) is 16.3 Å². The molecule has 0 radical (unpaired) electrons. The number of carbonyl (C=O) groups excluding carboxylic acids is 1. The zero-order valence-electron chi connectivity index (χ0n) is 8.08. The van der Waals surface area contributed by atoms with Gasteiger partial charge in [0, 0.05) is 5.56 Å². The minimum atomic E-state index is -0.00738. The van der Waals surface area contributed by atoms with Gasteiger partial charge >= 0.3 is 0 Å². The van der Waals surface area contributed by atoms with E-state index in [0.29, 0.717) is 10.8 Å². The maximum Gasteiger partial charge on any atom is 0.152 e. The molecule has 0 saturated carbocycles. The highest BCUT2D eigenvalue weighted by atomic mass is 35.5. The summed E-state index contributed by atoms with van der Waals surface area (Å²) in [5.74, 6) is 0.582. The number of methoxy groups -OCH3 is 1. The van der Waals surface area contributed by atoms with Crippen molar-refractivity contribution in [3.8, 4) is 5.75 Å². The van der Waals surface area contributed by atoms with Gasteiger partial charge in [-0.1, -0.05) is 23.7 Å². The number of carbonyl (C=O) groups is 1. The van der Waals surface area contributed by atoms with Crippen LogP contribution in [0.2, 0.25) is 5.02 Å². The number of benzene rings is 1. The Morgan fingerprint density at radius 3 is 2.79 bits per heavy atom. The molecule has 0 aliphatic rings. The van der Waals surface area contributed by atoms with E-state index in [1.165, 1.54) is 13.0 Å². The van der Waals surface area contributed by atoms with E-state index in [0.717, 1.165) is 5.56 Å². The second-order valence-electron chi connectivity index (χ2n) is 2.81. The monoisotopic (exact) mass is 210 g/mol. The molecule has 0 bridgehead atoms. The summed E-state index contributed by atoms with van der Waals surface area (Å²) in [4.78, 5) is 10.7. The van der Waals surface area contributed by atoms with Crippen LogP contribution in [0.1, 0.15) is 12.5 Å². The van der Waals surface area contributed by atoms with Crippen LogP contribution in [-0.2, 0) is 4.79 Å². The second-order valence-corrected chi connectivity index (χ2v) is 3.21. The zero-order valence-corrected chi connectivity index (χ0v) is 8.84. The molecule has 0 spiro atoms. The summed E-state index contributed by atoms with van der Waals surface area (Å²) >= 11 is 5.90. The molecule has 0 amide bonds. The molecule has 1 aromatic carbocycles. The van der Waals surface area contributed by atoms with Gasteiger partial charge in [0.2, 0.25) is 0 Å². The van der Waals surface area contributed by atoms with Crippen LogP contribution in [0.25, 0.3) is 6.08 Å². The SMILES string of the molecule is COc1c(Cl)cccc1/C=C/C(C)=O. The third kappa shape index (κ3) is 2.60. The lowest BCUT2D eigenvalue weighted by atomic mass is 10.2. The summed E-state index contributed by atoms with van der Waals surface area (Å²) in [6.07, 6.45) is 3.17. The molecular formula is C11H11ClO2. The Hall–Kier alpha value is -1.28. The fourth-order valence-electron chi connectivity index (χ4n) is 1.08. The number of para-hydroxylation sites is 1. The van der Waals surface area contributed by atoms with Crippen molar-refractivity contribution in [1.82, 2.24) is 0 Å². The van der Waals surface area contributed by atoms with Crippen molar-refractivity contribution >= 4 is 23.5 Å². The Labute approximate surface area is 88.1 Å². The average Bonchev–Trinajstić information content (AvgIpc) is 2.14. The lowest BCUT2D eigenvalue weighted by Crippen LogP contribution is -1.88. The lowest BCUT2D eigenvalue weighted by Gasteiger charge is -2.05. The Kier molecular flexibility index (Phi) is 3.72. The molecule has 1 rings (SSSR count). The van der Waals surface area contributed by atoms with Gasteiger partial charge in [0.15, 0.2) is 5.78 Å². The molecule has 0 N–H and O–H groups in total. The minimum Gasteiger partial charge on any atom is -0.495 e. The molecule has 1 aromatic rings. The third-order valence-electron chi connectivity index (χ3n) is 1.70. The highest BCUT2D eigenvalue weighted by molar-refractivity contribution is 6.32. The molecule has 14 heavy (non-hydrogen) atoms. The molecule has 0 aromatic heterocycles. The standard InChI is InChI=1S/C11H11ClO2/c1-8(13)6-7-9-4-3-5-10(12)11(9)14-2/h3-7H,1-2H3/b7-6+. The molecule has 0 aliphatic heterocycles. The quantitative estimate of drug-likeness (QED) is 0.717. The fraction of sp³-hybridized carbons (Fsp3) is 0.182. The van der Waals surface area contributed by atoms with Crippen LogP contribution in [0.4, 0.5) is 0 Å². The van der Waals surface area contributed by atoms with Gasteiger partial charge in [0.1, 0.15) is 5.75 Å². The zero-order chi connectivity index (χ0) is 10.6. The smallest absolute Gasteiger partial charge is 0.152 e. The summed E-state index contributed by atoms with van der Waals surface area (Å²) in [6.45, 7) is 1.49. The Morgan fingerprint density at radius 1 is 1.50 bits per heavy atom. The summed E-state index contributed by atoms with van der Waals surface area (Å²) in [6, 6.07) is 5.39. The number of ketones is 1. The molecule has 2 nitrogen and oxygen atoms in total. The molecule has 0 saturated heterocycles. The van der Waals surface area contributed by atoms with Gasteiger partial charge in [-0.25, -0.2) is 0 Å². The molecule has 0 aliphatic carbocycles. The summed E-state index contributed by atoms with van der Waals surface area (Å²) < 4.78 is 5.11. The predicted octanol–water partition coefficient (Wildman–Crippen LogP) is 2.95. The fourth-order valence-corrected chi connectivity index (χ4v) is 1.34. The Bertz CT molecular complexity index is 370.